The van der Waals surface area contributed by atoms with Crippen molar-refractivity contribution in [2.24, 2.45) is 5.84 Å². The van der Waals surface area contributed by atoms with Crippen molar-refractivity contribution in [3.05, 3.63) is 0 Å². The number of nitrogens with two attached hydrogens (primary N) is 1. The number of esters is 1. The number of hydrogen-bond donors (Lipinski definition) is 4. The van der Waals surface area contributed by atoms with E-state index in [-0.39, 0.29) is 6.61 Å². The lowest BCUT2D eigenvalue weighted by Gasteiger charge is -2.08. The van der Waals surface area contributed by atoms with Crippen LogP contribution in [-0.2, 0) is 27.7 Å². The summed E-state index contributed by atoms with van der Waals surface area (Å²) < 4.78 is 33.1. The first-order valence-corrected chi connectivity index (χ1v) is 9.96. The molecular formula is C11H28N2O9P2. The monoisotopic (exact) mass is 394 g/mol. The molecule has 1 amide bonds. The maximum absolute atomic E-state index is 10.9. The van der Waals surface area contributed by atoms with Gasteiger partial charge in [0, 0.05) is 0 Å². The fourth-order valence-electron chi connectivity index (χ4n) is 0.607. The van der Waals surface area contributed by atoms with E-state index in [2.05, 4.69) is 33.5 Å². The average molecular weight is 394 g/mol. The highest BCUT2D eigenvalue weighted by Gasteiger charge is 2.30. The Morgan fingerprint density at radius 2 is 1.67 bits per heavy atom. The average Bonchev–Trinajstić information content (AvgIpc) is 2.53. The van der Waals surface area contributed by atoms with Crippen molar-refractivity contribution < 1.29 is 42.3 Å². The number of rotatable bonds is 8. The number of amides is 1. The minimum Gasteiger partial charge on any atom is -0.464 e. The van der Waals surface area contributed by atoms with Crippen LogP contribution in [0, 0.1) is 0 Å². The summed E-state index contributed by atoms with van der Waals surface area (Å²) in [7, 11) is -7.17. The number of hydrazine groups is 1. The third kappa shape index (κ3) is 21.2. The molecule has 0 radical (unpaired) electrons. The lowest BCUT2D eigenvalue weighted by molar-refractivity contribution is -0.145. The molecule has 0 heterocycles. The maximum Gasteiger partial charge on any atom is 0.417 e. The first kappa shape index (κ1) is 28.0. The molecule has 0 fully saturated rings. The Kier molecular flexibility index (Phi) is 21.6. The van der Waals surface area contributed by atoms with Crippen LogP contribution in [0.2, 0.25) is 0 Å². The third-order valence-electron chi connectivity index (χ3n) is 1.81. The van der Waals surface area contributed by atoms with Crippen LogP contribution in [0.1, 0.15) is 40.5 Å². The van der Waals surface area contributed by atoms with Gasteiger partial charge in [0.1, 0.15) is 0 Å². The second-order valence-corrected chi connectivity index (χ2v) is 6.27. The molecule has 0 bridgehead atoms. The highest BCUT2D eigenvalue weighted by Crippen LogP contribution is 2.41. The molecule has 13 heteroatoms. The molecule has 146 valence electrons. The van der Waals surface area contributed by atoms with Gasteiger partial charge >= 0.3 is 27.5 Å². The van der Waals surface area contributed by atoms with E-state index >= 15 is 0 Å². The Morgan fingerprint density at radius 3 is 1.92 bits per heavy atom. The zero-order valence-electron chi connectivity index (χ0n) is 14.3. The van der Waals surface area contributed by atoms with E-state index in [1.54, 1.807) is 13.8 Å². The summed E-state index contributed by atoms with van der Waals surface area (Å²) in [5.74, 6) is 3.75. The second-order valence-electron chi connectivity index (χ2n) is 3.75. The van der Waals surface area contributed by atoms with E-state index in [4.69, 9.17) is 9.79 Å². The van der Waals surface area contributed by atoms with Gasteiger partial charge in [0.15, 0.2) is 6.61 Å². The van der Waals surface area contributed by atoms with Gasteiger partial charge in [-0.05, 0) is 13.8 Å². The van der Waals surface area contributed by atoms with Gasteiger partial charge in [-0.3, -0.25) is 19.3 Å². The van der Waals surface area contributed by atoms with Crippen molar-refractivity contribution in [2.45, 2.75) is 40.5 Å². The first-order chi connectivity index (χ1) is 11.1. The topological polar surface area (TPSA) is 174 Å². The summed E-state index contributed by atoms with van der Waals surface area (Å²) in [5, 5.41) is 0. The van der Waals surface area contributed by atoms with Crippen molar-refractivity contribution in [2.75, 3.05) is 19.8 Å². The zero-order valence-corrected chi connectivity index (χ0v) is 16.2. The smallest absolute Gasteiger partial charge is 0.417 e. The fourth-order valence-corrected chi connectivity index (χ4v) is 1.41. The molecule has 5 N–H and O–H groups in total. The number of nitrogens with one attached hydrogen (secondary N) is 1. The number of ether oxygens (including phenoxy) is 1. The predicted octanol–water partition coefficient (Wildman–Crippen LogP) is 1.55. The molecule has 0 saturated carbocycles. The minimum atomic E-state index is -4.54. The van der Waals surface area contributed by atoms with Crippen molar-refractivity contribution in [3.8, 4) is 0 Å². The lowest BCUT2D eigenvalue weighted by Crippen LogP contribution is -2.29. The normalized spacial score (nSPS) is 13.1. The maximum atomic E-state index is 10.9. The summed E-state index contributed by atoms with van der Waals surface area (Å²) in [6.07, 6.45) is 2.64. The zero-order chi connectivity index (χ0) is 19.6. The van der Waals surface area contributed by atoms with E-state index in [0.717, 1.165) is 0 Å². The molecule has 0 saturated heterocycles. The quantitative estimate of drug-likeness (QED) is 0.155. The summed E-state index contributed by atoms with van der Waals surface area (Å²) in [6.45, 7) is 7.23. The van der Waals surface area contributed by atoms with Crippen LogP contribution < -0.4 is 11.3 Å². The largest absolute Gasteiger partial charge is 0.464 e. The molecule has 0 spiro atoms. The Bertz CT molecular complexity index is 405. The van der Waals surface area contributed by atoms with Crippen LogP contribution >= 0.6 is 15.9 Å². The van der Waals surface area contributed by atoms with Crippen molar-refractivity contribution >= 4 is 27.5 Å². The van der Waals surface area contributed by atoms with Crippen LogP contribution in [0.25, 0.3) is 0 Å². The molecule has 0 aliphatic carbocycles. The highest BCUT2D eigenvalue weighted by molar-refractivity contribution is 7.70. The van der Waals surface area contributed by atoms with Crippen LogP contribution in [0.15, 0.2) is 0 Å². The predicted molar refractivity (Wildman–Crippen MR) is 88.6 cm³/mol. The minimum absolute atomic E-state index is 0.112. The Hall–Kier alpha value is -0.800. The number of carbonyl (C=O) groups is 2. The number of unbranched alkanes of at least 4 members (excludes halogenated alkanes) is 1. The van der Waals surface area contributed by atoms with Gasteiger partial charge in [-0.25, -0.2) is 15.2 Å². The van der Waals surface area contributed by atoms with Gasteiger partial charge in [0.2, 0.25) is 0 Å². The number of carbonyl (C=O) groups excluding carboxylic acids is 2. The fraction of sp³-hybridized carbons (Fsp3) is 0.818. The molecule has 0 aromatic carbocycles. The number of hydrogen-bond acceptors (Lipinski definition) is 8. The van der Waals surface area contributed by atoms with Crippen molar-refractivity contribution in [3.63, 3.8) is 0 Å². The molecule has 0 aliphatic rings. The molecule has 11 nitrogen and oxygen atoms in total. The lowest BCUT2D eigenvalue weighted by atomic mass is 10.4. The molecule has 2 unspecified atom stereocenters. The molecule has 0 rings (SSSR count). The van der Waals surface area contributed by atoms with Crippen LogP contribution in [0.3, 0.4) is 0 Å². The van der Waals surface area contributed by atoms with E-state index in [1.807, 2.05) is 0 Å². The van der Waals surface area contributed by atoms with Gasteiger partial charge in [-0.15, -0.1) is 0 Å². The van der Waals surface area contributed by atoms with Gasteiger partial charge in [-0.2, -0.15) is 0 Å². The second kappa shape index (κ2) is 18.5. The van der Waals surface area contributed by atoms with E-state index in [0.29, 0.717) is 6.61 Å². The highest BCUT2D eigenvalue weighted by atomic mass is 31.2. The van der Waals surface area contributed by atoms with E-state index < -0.39 is 34.1 Å². The summed E-state index contributed by atoms with van der Waals surface area (Å²) in [6, 6.07) is 0. The third-order valence-corrected chi connectivity index (χ3v) is 3.47. The van der Waals surface area contributed by atoms with Crippen molar-refractivity contribution in [1.29, 1.82) is 0 Å². The standard InChI is InChI=1S/C5H11N2O6P.C4H10.C2H7O3P/c1-2-12-4(8)3-13-14(10,11)5(9)7-6;1-3-4-2;1-2-5-6(3)4/h2-3,6H2,1H3,(H,7,9)(H,10,11);3-4H2,1-2H3;6H,2H2,1H3,(H,3,4). The van der Waals surface area contributed by atoms with E-state index in [9.17, 15) is 18.7 Å². The summed E-state index contributed by atoms with van der Waals surface area (Å²) in [4.78, 5) is 37.9. The van der Waals surface area contributed by atoms with Crippen molar-refractivity contribution in [1.82, 2.24) is 5.43 Å². The van der Waals surface area contributed by atoms with Gasteiger partial charge in [0.05, 0.1) is 13.2 Å². The van der Waals surface area contributed by atoms with Gasteiger partial charge in [-0.1, -0.05) is 26.7 Å². The molecule has 0 aromatic rings. The van der Waals surface area contributed by atoms with Crippen LogP contribution in [0.5, 0.6) is 0 Å². The first-order valence-electron chi connectivity index (χ1n) is 7.12. The summed E-state index contributed by atoms with van der Waals surface area (Å²) in [5.41, 5.74) is 0.0446. The Labute approximate surface area is 142 Å². The van der Waals surface area contributed by atoms with Crippen LogP contribution in [0.4, 0.5) is 4.79 Å². The Morgan fingerprint density at radius 1 is 1.17 bits per heavy atom. The van der Waals surface area contributed by atoms with Gasteiger partial charge in [0.25, 0.3) is 0 Å². The SMILES string of the molecule is CCCC.CCOC(=O)COP(=O)(O)C(=O)NN.CCO[PH](=O)O. The summed E-state index contributed by atoms with van der Waals surface area (Å²) >= 11 is 0. The molecule has 2 atom stereocenters. The van der Waals surface area contributed by atoms with Gasteiger partial charge < -0.3 is 19.0 Å². The Balaban J connectivity index is -0.000000363. The molecule has 24 heavy (non-hydrogen) atoms. The van der Waals surface area contributed by atoms with E-state index in [1.165, 1.54) is 18.3 Å². The molecule has 0 aromatic heterocycles. The molecular weight excluding hydrogens is 366 g/mol. The molecule has 0 aliphatic heterocycles. The van der Waals surface area contributed by atoms with Crippen LogP contribution in [-0.4, -0.2) is 41.2 Å².